The average Bonchev–Trinajstić information content (AvgIpc) is 2.44. The van der Waals surface area contributed by atoms with Gasteiger partial charge in [-0.1, -0.05) is 33.6 Å². The zero-order valence-corrected chi connectivity index (χ0v) is 17.7. The van der Waals surface area contributed by atoms with Crippen LogP contribution in [0.3, 0.4) is 0 Å². The van der Waals surface area contributed by atoms with Crippen molar-refractivity contribution in [2.75, 3.05) is 32.7 Å². The largest absolute Gasteiger partial charge is 0.317 e. The highest BCUT2D eigenvalue weighted by molar-refractivity contribution is 4.69. The number of unbranched alkanes of at least 4 members (excludes halogenated alkanes) is 4. The molecule has 0 aromatic rings. The Bertz CT molecular complexity index is 235. The second-order valence-corrected chi connectivity index (χ2v) is 9.46. The number of hydrogen-bond donors (Lipinski definition) is 3. The van der Waals surface area contributed by atoms with E-state index in [-0.39, 0.29) is 5.54 Å². The van der Waals surface area contributed by atoms with E-state index in [1.54, 1.807) is 0 Å². The Morgan fingerprint density at radius 2 is 0.917 bits per heavy atom. The molecule has 0 saturated heterocycles. The monoisotopic (exact) mass is 341 g/mol. The van der Waals surface area contributed by atoms with Gasteiger partial charge in [0.05, 0.1) is 0 Å². The number of rotatable bonds is 15. The predicted octanol–water partition coefficient (Wildman–Crippen LogP) is 4.72. The maximum Gasteiger partial charge on any atom is 0.00965 e. The smallest absolute Gasteiger partial charge is 0.00965 e. The van der Waals surface area contributed by atoms with Crippen LogP contribution in [-0.4, -0.2) is 38.3 Å². The van der Waals surface area contributed by atoms with E-state index in [2.05, 4.69) is 57.5 Å². The Morgan fingerprint density at radius 3 is 1.33 bits per heavy atom. The molecule has 0 amide bonds. The predicted molar refractivity (Wildman–Crippen MR) is 110 cm³/mol. The fourth-order valence-corrected chi connectivity index (χ4v) is 2.69. The van der Waals surface area contributed by atoms with Crippen LogP contribution in [0.5, 0.6) is 0 Å². The van der Waals surface area contributed by atoms with Crippen LogP contribution in [-0.2, 0) is 0 Å². The lowest BCUT2D eigenvalue weighted by Crippen LogP contribution is -2.36. The molecule has 0 aliphatic heterocycles. The summed E-state index contributed by atoms with van der Waals surface area (Å²) < 4.78 is 0. The van der Waals surface area contributed by atoms with Crippen molar-refractivity contribution in [2.45, 2.75) is 98.4 Å². The SMILES string of the molecule is CC(C)(C)CCCNCCCCCNCCCCCNC(C)(C)C. The molecule has 24 heavy (non-hydrogen) atoms. The molecule has 0 rings (SSSR count). The van der Waals surface area contributed by atoms with Gasteiger partial charge < -0.3 is 16.0 Å². The van der Waals surface area contributed by atoms with Crippen LogP contribution in [0, 0.1) is 5.41 Å². The topological polar surface area (TPSA) is 36.1 Å². The van der Waals surface area contributed by atoms with Gasteiger partial charge in [0.25, 0.3) is 0 Å². The standard InChI is InChI=1S/C21H47N3/c1-20(2,3)14-13-18-23-17-10-7-9-15-22-16-11-8-12-19-24-21(4,5)6/h22-24H,7-19H2,1-6H3. The van der Waals surface area contributed by atoms with Crippen LogP contribution in [0.15, 0.2) is 0 Å². The van der Waals surface area contributed by atoms with Crippen LogP contribution >= 0.6 is 0 Å². The summed E-state index contributed by atoms with van der Waals surface area (Å²) in [6.45, 7) is 19.5. The first kappa shape index (κ1) is 23.9. The molecule has 3 nitrogen and oxygen atoms in total. The summed E-state index contributed by atoms with van der Waals surface area (Å²) in [5.74, 6) is 0. The minimum atomic E-state index is 0.264. The average molecular weight is 342 g/mol. The van der Waals surface area contributed by atoms with E-state index in [1.807, 2.05) is 0 Å². The molecule has 0 bridgehead atoms. The lowest BCUT2D eigenvalue weighted by molar-refractivity contribution is 0.360. The van der Waals surface area contributed by atoms with Crippen molar-refractivity contribution in [2.24, 2.45) is 5.41 Å². The first-order valence-electron chi connectivity index (χ1n) is 10.4. The third-order valence-electron chi connectivity index (χ3n) is 4.17. The van der Waals surface area contributed by atoms with Crippen LogP contribution < -0.4 is 16.0 Å². The third-order valence-corrected chi connectivity index (χ3v) is 4.17. The summed E-state index contributed by atoms with van der Waals surface area (Å²) in [5.41, 5.74) is 0.746. The van der Waals surface area contributed by atoms with E-state index in [0.717, 1.165) is 6.54 Å². The molecule has 0 aliphatic rings. The van der Waals surface area contributed by atoms with Crippen LogP contribution in [0.2, 0.25) is 0 Å². The van der Waals surface area contributed by atoms with Gasteiger partial charge in [-0.25, -0.2) is 0 Å². The van der Waals surface area contributed by atoms with Gasteiger partial charge in [-0.05, 0) is 97.4 Å². The van der Waals surface area contributed by atoms with Crippen molar-refractivity contribution < 1.29 is 0 Å². The minimum absolute atomic E-state index is 0.264. The molecule has 0 unspecified atom stereocenters. The van der Waals surface area contributed by atoms with E-state index < -0.39 is 0 Å². The molecule has 0 heterocycles. The third kappa shape index (κ3) is 21.9. The Labute approximate surface area is 153 Å². The minimum Gasteiger partial charge on any atom is -0.317 e. The molecule has 0 fully saturated rings. The van der Waals surface area contributed by atoms with Gasteiger partial charge in [0.1, 0.15) is 0 Å². The molecule has 3 heteroatoms. The Balaban J connectivity index is 3.08. The van der Waals surface area contributed by atoms with Crippen molar-refractivity contribution in [1.29, 1.82) is 0 Å². The summed E-state index contributed by atoms with van der Waals surface area (Å²) in [5, 5.41) is 10.7. The van der Waals surface area contributed by atoms with Gasteiger partial charge in [0.2, 0.25) is 0 Å². The van der Waals surface area contributed by atoms with E-state index in [9.17, 15) is 0 Å². The van der Waals surface area contributed by atoms with E-state index in [1.165, 1.54) is 77.5 Å². The highest BCUT2D eigenvalue weighted by Gasteiger charge is 2.08. The normalized spacial score (nSPS) is 12.8. The summed E-state index contributed by atoms with van der Waals surface area (Å²) in [7, 11) is 0. The van der Waals surface area contributed by atoms with E-state index in [0.29, 0.717) is 5.41 Å². The molecule has 0 radical (unpaired) electrons. The van der Waals surface area contributed by atoms with Crippen LogP contribution in [0.1, 0.15) is 92.9 Å². The first-order chi connectivity index (χ1) is 11.2. The van der Waals surface area contributed by atoms with Crippen molar-refractivity contribution >= 4 is 0 Å². The Kier molecular flexibility index (Phi) is 14.0. The second kappa shape index (κ2) is 14.1. The van der Waals surface area contributed by atoms with Gasteiger partial charge >= 0.3 is 0 Å². The van der Waals surface area contributed by atoms with Crippen molar-refractivity contribution in [3.63, 3.8) is 0 Å². The van der Waals surface area contributed by atoms with Crippen molar-refractivity contribution in [3.05, 3.63) is 0 Å². The second-order valence-electron chi connectivity index (χ2n) is 9.46. The molecule has 0 aromatic carbocycles. The highest BCUT2D eigenvalue weighted by Crippen LogP contribution is 2.19. The van der Waals surface area contributed by atoms with Gasteiger partial charge in [0, 0.05) is 5.54 Å². The molecular weight excluding hydrogens is 294 g/mol. The lowest BCUT2D eigenvalue weighted by Gasteiger charge is -2.20. The lowest BCUT2D eigenvalue weighted by atomic mass is 9.91. The zero-order valence-electron chi connectivity index (χ0n) is 17.7. The summed E-state index contributed by atoms with van der Waals surface area (Å²) in [6, 6.07) is 0. The fourth-order valence-electron chi connectivity index (χ4n) is 2.69. The molecular formula is C21H47N3. The van der Waals surface area contributed by atoms with Gasteiger partial charge in [-0.15, -0.1) is 0 Å². The number of nitrogens with one attached hydrogen (secondary N) is 3. The highest BCUT2D eigenvalue weighted by atomic mass is 14.9. The van der Waals surface area contributed by atoms with Crippen LogP contribution in [0.4, 0.5) is 0 Å². The summed E-state index contributed by atoms with van der Waals surface area (Å²) >= 11 is 0. The Hall–Kier alpha value is -0.120. The summed E-state index contributed by atoms with van der Waals surface area (Å²) in [4.78, 5) is 0. The summed E-state index contributed by atoms with van der Waals surface area (Å²) in [6.07, 6.45) is 10.5. The molecule has 0 spiro atoms. The van der Waals surface area contributed by atoms with Crippen LogP contribution in [0.25, 0.3) is 0 Å². The Morgan fingerprint density at radius 1 is 0.500 bits per heavy atom. The van der Waals surface area contributed by atoms with Gasteiger partial charge in [0.15, 0.2) is 0 Å². The first-order valence-corrected chi connectivity index (χ1v) is 10.4. The molecule has 3 N–H and O–H groups in total. The fraction of sp³-hybridized carbons (Fsp3) is 1.00. The van der Waals surface area contributed by atoms with E-state index in [4.69, 9.17) is 0 Å². The van der Waals surface area contributed by atoms with E-state index >= 15 is 0 Å². The van der Waals surface area contributed by atoms with Gasteiger partial charge in [-0.3, -0.25) is 0 Å². The van der Waals surface area contributed by atoms with Crippen molar-refractivity contribution in [3.8, 4) is 0 Å². The molecule has 0 saturated carbocycles. The molecule has 0 aliphatic carbocycles. The maximum atomic E-state index is 3.58. The maximum absolute atomic E-state index is 3.58. The molecule has 146 valence electrons. The van der Waals surface area contributed by atoms with Crippen molar-refractivity contribution in [1.82, 2.24) is 16.0 Å². The molecule has 0 atom stereocenters. The number of hydrogen-bond acceptors (Lipinski definition) is 3. The molecule has 0 aromatic heterocycles. The van der Waals surface area contributed by atoms with Gasteiger partial charge in [-0.2, -0.15) is 0 Å². The quantitative estimate of drug-likeness (QED) is 0.377. The zero-order chi connectivity index (χ0) is 18.3.